The number of hydrogen-bond acceptors (Lipinski definition) is 2. The van der Waals surface area contributed by atoms with Crippen LogP contribution in [0, 0.1) is 0 Å². The van der Waals surface area contributed by atoms with Gasteiger partial charge in [-0.15, -0.1) is 0 Å². The van der Waals surface area contributed by atoms with Crippen molar-refractivity contribution >= 4 is 0 Å². The fourth-order valence-corrected chi connectivity index (χ4v) is 2.00. The maximum atomic E-state index is 12.5. The molecule has 1 atom stereocenters. The van der Waals surface area contributed by atoms with Crippen LogP contribution in [0.3, 0.4) is 0 Å². The van der Waals surface area contributed by atoms with Crippen LogP contribution in [-0.4, -0.2) is 14.9 Å². The van der Waals surface area contributed by atoms with Crippen LogP contribution in [0.4, 0.5) is 13.2 Å². The third-order valence-corrected chi connectivity index (χ3v) is 3.16. The van der Waals surface area contributed by atoms with Gasteiger partial charge in [-0.3, -0.25) is 4.68 Å². The zero-order valence-electron chi connectivity index (χ0n) is 11.1. The third kappa shape index (κ3) is 2.85. The first-order chi connectivity index (χ1) is 9.32. The monoisotopic (exact) mass is 284 g/mol. The number of aryl methyl sites for hydroxylation is 2. The van der Waals surface area contributed by atoms with Gasteiger partial charge in [0.05, 0.1) is 17.0 Å². The van der Waals surface area contributed by atoms with Crippen molar-refractivity contribution < 1.29 is 18.3 Å². The van der Waals surface area contributed by atoms with Gasteiger partial charge in [0.2, 0.25) is 0 Å². The first-order valence-electron chi connectivity index (χ1n) is 6.21. The Balaban J connectivity index is 2.29. The highest BCUT2D eigenvalue weighted by Crippen LogP contribution is 2.31. The summed E-state index contributed by atoms with van der Waals surface area (Å²) in [5.74, 6) is 0. The quantitative estimate of drug-likeness (QED) is 0.940. The summed E-state index contributed by atoms with van der Waals surface area (Å²) >= 11 is 0. The Hall–Kier alpha value is -1.82. The van der Waals surface area contributed by atoms with E-state index < -0.39 is 17.8 Å². The van der Waals surface area contributed by atoms with Gasteiger partial charge < -0.3 is 5.11 Å². The predicted molar refractivity (Wildman–Crippen MR) is 68.1 cm³/mol. The van der Waals surface area contributed by atoms with Crippen LogP contribution in [0.15, 0.2) is 30.3 Å². The number of hydrogen-bond donors (Lipinski definition) is 1. The van der Waals surface area contributed by atoms with E-state index >= 15 is 0 Å². The van der Waals surface area contributed by atoms with Crippen molar-refractivity contribution in [2.75, 3.05) is 0 Å². The summed E-state index contributed by atoms with van der Waals surface area (Å²) < 4.78 is 39.0. The summed E-state index contributed by atoms with van der Waals surface area (Å²) in [6.45, 7) is 1.94. The number of rotatable bonds is 3. The molecule has 0 aliphatic rings. The van der Waals surface area contributed by atoms with Crippen molar-refractivity contribution in [3.63, 3.8) is 0 Å². The summed E-state index contributed by atoms with van der Waals surface area (Å²) in [6, 6.07) is 6.26. The maximum Gasteiger partial charge on any atom is 0.416 e. The van der Waals surface area contributed by atoms with Crippen molar-refractivity contribution in [3.05, 3.63) is 52.8 Å². The average Bonchev–Trinajstić information content (AvgIpc) is 2.78. The van der Waals surface area contributed by atoms with E-state index in [-0.39, 0.29) is 0 Å². The minimum absolute atomic E-state index is 0.406. The van der Waals surface area contributed by atoms with Gasteiger partial charge in [-0.2, -0.15) is 18.3 Å². The van der Waals surface area contributed by atoms with Gasteiger partial charge in [-0.05, 0) is 30.2 Å². The van der Waals surface area contributed by atoms with Gasteiger partial charge >= 0.3 is 6.18 Å². The molecular formula is C14H15F3N2O. The molecule has 2 aromatic rings. The number of aliphatic hydroxyl groups is 1. The van der Waals surface area contributed by atoms with Crippen LogP contribution in [0.5, 0.6) is 0 Å². The molecule has 0 saturated heterocycles. The largest absolute Gasteiger partial charge is 0.416 e. The molecule has 1 N–H and O–H groups in total. The van der Waals surface area contributed by atoms with E-state index in [0.717, 1.165) is 24.2 Å². The summed E-state index contributed by atoms with van der Waals surface area (Å²) in [6.07, 6.45) is -4.63. The van der Waals surface area contributed by atoms with Crippen molar-refractivity contribution in [2.45, 2.75) is 25.6 Å². The number of benzene rings is 1. The molecule has 0 aliphatic carbocycles. The lowest BCUT2D eigenvalue weighted by Crippen LogP contribution is -2.08. The third-order valence-electron chi connectivity index (χ3n) is 3.16. The molecule has 6 heteroatoms. The second-order valence-corrected chi connectivity index (χ2v) is 4.56. The van der Waals surface area contributed by atoms with Gasteiger partial charge in [0.15, 0.2) is 0 Å². The highest BCUT2D eigenvalue weighted by molar-refractivity contribution is 5.31. The molecule has 0 fully saturated rings. The van der Waals surface area contributed by atoms with E-state index in [2.05, 4.69) is 5.10 Å². The zero-order chi connectivity index (χ0) is 14.9. The molecule has 0 spiro atoms. The van der Waals surface area contributed by atoms with E-state index in [9.17, 15) is 18.3 Å². The van der Waals surface area contributed by atoms with Crippen LogP contribution >= 0.6 is 0 Å². The topological polar surface area (TPSA) is 38.0 Å². The molecule has 0 bridgehead atoms. The van der Waals surface area contributed by atoms with Crippen LogP contribution in [0.25, 0.3) is 0 Å². The van der Waals surface area contributed by atoms with E-state index in [1.165, 1.54) is 12.1 Å². The van der Waals surface area contributed by atoms with E-state index in [1.807, 2.05) is 6.92 Å². The molecule has 1 aromatic heterocycles. The summed E-state index contributed by atoms with van der Waals surface area (Å²) in [7, 11) is 1.70. The Bertz CT molecular complexity index is 587. The van der Waals surface area contributed by atoms with E-state index in [0.29, 0.717) is 11.3 Å². The van der Waals surface area contributed by atoms with Crippen LogP contribution in [0.1, 0.15) is 35.5 Å². The molecule has 1 unspecified atom stereocenters. The molecule has 1 heterocycles. The first-order valence-corrected chi connectivity index (χ1v) is 6.21. The lowest BCUT2D eigenvalue weighted by molar-refractivity contribution is -0.137. The van der Waals surface area contributed by atoms with Gasteiger partial charge in [0.25, 0.3) is 0 Å². The van der Waals surface area contributed by atoms with Crippen LogP contribution < -0.4 is 0 Å². The Labute approximate surface area is 114 Å². The normalized spacial score (nSPS) is 13.5. The molecule has 0 radical (unpaired) electrons. The number of aromatic nitrogens is 2. The van der Waals surface area contributed by atoms with E-state index in [1.54, 1.807) is 17.8 Å². The zero-order valence-corrected chi connectivity index (χ0v) is 11.1. The average molecular weight is 284 g/mol. The standard InChI is InChI=1S/C14H15F3N2O/c1-3-11-8-12(19(2)18-11)13(20)9-4-6-10(7-5-9)14(15,16)17/h4-8,13,20H,3H2,1-2H3. The minimum atomic E-state index is -4.37. The Morgan fingerprint density at radius 1 is 1.25 bits per heavy atom. The molecular weight excluding hydrogens is 269 g/mol. The highest BCUT2D eigenvalue weighted by Gasteiger charge is 2.30. The molecule has 20 heavy (non-hydrogen) atoms. The van der Waals surface area contributed by atoms with Crippen molar-refractivity contribution in [2.24, 2.45) is 7.05 Å². The second kappa shape index (κ2) is 5.28. The number of alkyl halides is 3. The van der Waals surface area contributed by atoms with Gasteiger partial charge in [-0.25, -0.2) is 0 Å². The summed E-state index contributed by atoms with van der Waals surface area (Å²) in [4.78, 5) is 0. The van der Waals surface area contributed by atoms with Crippen LogP contribution in [-0.2, 0) is 19.6 Å². The number of nitrogens with zero attached hydrogens (tertiary/aromatic N) is 2. The molecule has 108 valence electrons. The summed E-state index contributed by atoms with van der Waals surface area (Å²) in [5, 5.41) is 14.4. The highest BCUT2D eigenvalue weighted by atomic mass is 19.4. The molecule has 1 aromatic carbocycles. The SMILES string of the molecule is CCc1cc(C(O)c2ccc(C(F)(F)F)cc2)n(C)n1. The van der Waals surface area contributed by atoms with Crippen LogP contribution in [0.2, 0.25) is 0 Å². The maximum absolute atomic E-state index is 12.5. The summed E-state index contributed by atoms with van der Waals surface area (Å²) in [5.41, 5.74) is 1.06. The Morgan fingerprint density at radius 3 is 2.30 bits per heavy atom. The molecule has 0 amide bonds. The number of aliphatic hydroxyl groups excluding tert-OH is 1. The minimum Gasteiger partial charge on any atom is -0.382 e. The number of halogens is 3. The molecule has 3 nitrogen and oxygen atoms in total. The van der Waals surface area contributed by atoms with E-state index in [4.69, 9.17) is 0 Å². The Kier molecular flexibility index (Phi) is 3.85. The van der Waals surface area contributed by atoms with Gasteiger partial charge in [0.1, 0.15) is 6.10 Å². The smallest absolute Gasteiger partial charge is 0.382 e. The van der Waals surface area contributed by atoms with Gasteiger partial charge in [0, 0.05) is 7.05 Å². The fourth-order valence-electron chi connectivity index (χ4n) is 2.00. The predicted octanol–water partition coefficient (Wildman–Crippen LogP) is 3.08. The van der Waals surface area contributed by atoms with Crippen molar-refractivity contribution in [1.82, 2.24) is 9.78 Å². The fraction of sp³-hybridized carbons (Fsp3) is 0.357. The molecule has 0 saturated carbocycles. The molecule has 2 rings (SSSR count). The lowest BCUT2D eigenvalue weighted by Gasteiger charge is -2.13. The first kappa shape index (κ1) is 14.6. The molecule has 0 aliphatic heterocycles. The van der Waals surface area contributed by atoms with Gasteiger partial charge in [-0.1, -0.05) is 19.1 Å². The van der Waals surface area contributed by atoms with Crippen molar-refractivity contribution in [3.8, 4) is 0 Å². The Morgan fingerprint density at radius 2 is 1.85 bits per heavy atom. The lowest BCUT2D eigenvalue weighted by atomic mass is 10.0. The second-order valence-electron chi connectivity index (χ2n) is 4.56. The van der Waals surface area contributed by atoms with Crippen molar-refractivity contribution in [1.29, 1.82) is 0 Å².